The van der Waals surface area contributed by atoms with Gasteiger partial charge in [-0.2, -0.15) is 0 Å². The largest absolute Gasteiger partial charge is 0.512 e. The smallest absolute Gasteiger partial charge is 0.0773 e. The number of rotatable bonds is 2. The Bertz CT molecular complexity index is 112. The van der Waals surface area contributed by atoms with Crippen molar-refractivity contribution in [2.24, 2.45) is 5.92 Å². The van der Waals surface area contributed by atoms with Crippen LogP contribution in [0.3, 0.4) is 0 Å². The van der Waals surface area contributed by atoms with E-state index in [4.69, 9.17) is 11.8 Å². The molecule has 0 spiro atoms. The zero-order valence-corrected chi connectivity index (χ0v) is 8.27. The second-order valence-electron chi connectivity index (χ2n) is 3.68. The molecule has 0 unspecified atom stereocenters. The second kappa shape index (κ2) is 7.12. The molecular weight excluding hydrogens is 148 g/mol. The number of quaternary nitrogens is 1. The Hall–Kier alpha value is -0.550. The lowest BCUT2D eigenvalue weighted by Crippen LogP contribution is -3.13. The number of nitrogens with one attached hydrogen (secondary N) is 1. The van der Waals surface area contributed by atoms with E-state index in [0.29, 0.717) is 0 Å². The first-order chi connectivity index (χ1) is 5.83. The van der Waals surface area contributed by atoms with E-state index in [2.05, 4.69) is 13.8 Å². The van der Waals surface area contributed by atoms with Gasteiger partial charge in [0.15, 0.2) is 0 Å². The minimum absolute atomic E-state index is 1.00. The summed E-state index contributed by atoms with van der Waals surface area (Å²) in [6, 6.07) is 0. The average molecular weight is 168 g/mol. The van der Waals surface area contributed by atoms with E-state index in [1.165, 1.54) is 38.9 Å². The summed E-state index contributed by atoms with van der Waals surface area (Å²) >= 11 is 0. The highest BCUT2D eigenvalue weighted by molar-refractivity contribution is 4.55. The van der Waals surface area contributed by atoms with Crippen molar-refractivity contribution in [2.45, 2.75) is 33.1 Å². The normalized spacial score (nSPS) is 28.7. The average Bonchev–Trinajstić information content (AvgIpc) is 2.13. The summed E-state index contributed by atoms with van der Waals surface area (Å²) in [5.41, 5.74) is 0. The van der Waals surface area contributed by atoms with Crippen molar-refractivity contribution in [1.29, 1.82) is 5.26 Å². The molecule has 1 fully saturated rings. The standard InChI is InChI=1S/C9H19N.CN/c1-3-6-10-7-4-9(2)5-8-10;1-2/h9H,3-8H2,1-2H3;/q;-1/p+1. The maximum Gasteiger partial charge on any atom is 0.0773 e. The quantitative estimate of drug-likeness (QED) is 0.607. The molecule has 1 heterocycles. The van der Waals surface area contributed by atoms with Gasteiger partial charge in [0.05, 0.1) is 19.6 Å². The molecule has 1 aliphatic heterocycles. The van der Waals surface area contributed by atoms with Crippen molar-refractivity contribution in [3.05, 3.63) is 6.57 Å². The highest BCUT2D eigenvalue weighted by Crippen LogP contribution is 2.06. The molecule has 0 radical (unpaired) electrons. The third-order valence-electron chi connectivity index (χ3n) is 2.58. The van der Waals surface area contributed by atoms with E-state index in [-0.39, 0.29) is 0 Å². The summed E-state index contributed by atoms with van der Waals surface area (Å²) in [6.45, 7) is 13.7. The molecule has 1 saturated heterocycles. The van der Waals surface area contributed by atoms with Crippen LogP contribution < -0.4 is 4.90 Å². The zero-order chi connectivity index (χ0) is 9.40. The number of nitrogens with zero attached hydrogens (tertiary/aromatic N) is 1. The Morgan fingerprint density at radius 1 is 1.33 bits per heavy atom. The molecule has 0 aromatic heterocycles. The zero-order valence-electron chi connectivity index (χ0n) is 8.27. The van der Waals surface area contributed by atoms with Crippen LogP contribution in [0.4, 0.5) is 0 Å². The predicted octanol–water partition coefficient (Wildman–Crippen LogP) is 0.808. The number of piperidine rings is 1. The molecule has 1 N–H and O–H groups in total. The monoisotopic (exact) mass is 168 g/mol. The predicted molar refractivity (Wildman–Crippen MR) is 49.2 cm³/mol. The van der Waals surface area contributed by atoms with E-state index < -0.39 is 0 Å². The van der Waals surface area contributed by atoms with Crippen LogP contribution in [0.25, 0.3) is 0 Å². The van der Waals surface area contributed by atoms with Gasteiger partial charge in [0.1, 0.15) is 0 Å². The van der Waals surface area contributed by atoms with Crippen LogP contribution >= 0.6 is 0 Å². The second-order valence-corrected chi connectivity index (χ2v) is 3.68. The highest BCUT2D eigenvalue weighted by Gasteiger charge is 2.16. The Kier molecular flexibility index (Phi) is 6.79. The molecule has 0 aromatic rings. The summed E-state index contributed by atoms with van der Waals surface area (Å²) < 4.78 is 0. The Morgan fingerprint density at radius 2 is 1.83 bits per heavy atom. The molecule has 0 amide bonds. The highest BCUT2D eigenvalue weighted by atomic mass is 15.1. The van der Waals surface area contributed by atoms with Gasteiger partial charge in [-0.3, -0.25) is 0 Å². The summed E-state index contributed by atoms with van der Waals surface area (Å²) in [5, 5.41) is 6.25. The van der Waals surface area contributed by atoms with Crippen molar-refractivity contribution < 1.29 is 4.90 Å². The molecule has 0 atom stereocenters. The van der Waals surface area contributed by atoms with Crippen molar-refractivity contribution in [1.82, 2.24) is 0 Å². The first-order valence-electron chi connectivity index (χ1n) is 4.89. The lowest BCUT2D eigenvalue weighted by atomic mass is 9.99. The van der Waals surface area contributed by atoms with Gasteiger partial charge in [0.25, 0.3) is 0 Å². The SMILES string of the molecule is CCC[NH+]1CCC(C)CC1.[C-]#N. The first-order valence-corrected chi connectivity index (χ1v) is 4.89. The molecule has 0 aliphatic carbocycles. The van der Waals surface area contributed by atoms with Crippen LogP contribution in [0.2, 0.25) is 0 Å². The van der Waals surface area contributed by atoms with Crippen LogP contribution in [-0.4, -0.2) is 19.6 Å². The van der Waals surface area contributed by atoms with Gasteiger partial charge >= 0.3 is 0 Å². The minimum Gasteiger partial charge on any atom is -0.512 e. The Balaban J connectivity index is 0.000000561. The third kappa shape index (κ3) is 4.35. The molecule has 2 nitrogen and oxygen atoms in total. The van der Waals surface area contributed by atoms with Gasteiger partial charge in [-0.25, -0.2) is 0 Å². The van der Waals surface area contributed by atoms with Crippen molar-refractivity contribution in [3.8, 4) is 0 Å². The Labute approximate surface area is 76.2 Å². The molecule has 12 heavy (non-hydrogen) atoms. The summed E-state index contributed by atoms with van der Waals surface area (Å²) in [7, 11) is 0. The maximum atomic E-state index is 6.25. The molecule has 70 valence electrons. The van der Waals surface area contributed by atoms with E-state index in [1.54, 1.807) is 0 Å². The molecule has 1 aliphatic rings. The topological polar surface area (TPSA) is 28.2 Å². The van der Waals surface area contributed by atoms with E-state index in [9.17, 15) is 0 Å². The fraction of sp³-hybridized carbons (Fsp3) is 0.900. The first kappa shape index (κ1) is 11.4. The minimum atomic E-state index is 1.00. The van der Waals surface area contributed by atoms with E-state index in [0.717, 1.165) is 5.92 Å². The number of hydrogen-bond donors (Lipinski definition) is 1. The molecular formula is C10H20N2. The van der Waals surface area contributed by atoms with Crippen LogP contribution in [0.15, 0.2) is 0 Å². The molecule has 0 saturated carbocycles. The third-order valence-corrected chi connectivity index (χ3v) is 2.58. The van der Waals surface area contributed by atoms with E-state index in [1.807, 2.05) is 4.90 Å². The summed E-state index contributed by atoms with van der Waals surface area (Å²) in [5.74, 6) is 1.00. The van der Waals surface area contributed by atoms with Crippen molar-refractivity contribution >= 4 is 0 Å². The fourth-order valence-corrected chi connectivity index (χ4v) is 1.77. The van der Waals surface area contributed by atoms with Gasteiger partial charge in [-0.1, -0.05) is 13.8 Å². The fourth-order valence-electron chi connectivity index (χ4n) is 1.77. The molecule has 0 bridgehead atoms. The summed E-state index contributed by atoms with van der Waals surface area (Å²) in [6.07, 6.45) is 4.26. The van der Waals surface area contributed by atoms with Gasteiger partial charge in [0.2, 0.25) is 0 Å². The molecule has 1 rings (SSSR count). The number of likely N-dealkylation sites (tertiary alicyclic amines) is 1. The summed E-state index contributed by atoms with van der Waals surface area (Å²) in [4.78, 5) is 1.83. The van der Waals surface area contributed by atoms with Crippen molar-refractivity contribution in [3.63, 3.8) is 0 Å². The molecule has 2 heteroatoms. The Morgan fingerprint density at radius 3 is 2.25 bits per heavy atom. The van der Waals surface area contributed by atoms with Gasteiger partial charge in [-0.15, -0.1) is 0 Å². The lowest BCUT2D eigenvalue weighted by Gasteiger charge is -2.26. The van der Waals surface area contributed by atoms with Gasteiger partial charge in [-0.05, 0) is 25.2 Å². The van der Waals surface area contributed by atoms with Crippen LogP contribution in [0.5, 0.6) is 0 Å². The molecule has 0 aromatic carbocycles. The number of hydrogen-bond acceptors (Lipinski definition) is 1. The van der Waals surface area contributed by atoms with Crippen LogP contribution in [0, 0.1) is 17.8 Å². The van der Waals surface area contributed by atoms with Gasteiger partial charge in [0, 0.05) is 0 Å². The van der Waals surface area contributed by atoms with Crippen LogP contribution in [0.1, 0.15) is 33.1 Å². The van der Waals surface area contributed by atoms with Crippen molar-refractivity contribution in [2.75, 3.05) is 19.6 Å². The maximum absolute atomic E-state index is 6.25. The van der Waals surface area contributed by atoms with E-state index >= 15 is 0 Å². The lowest BCUT2D eigenvalue weighted by molar-refractivity contribution is -0.906. The van der Waals surface area contributed by atoms with Gasteiger partial charge < -0.3 is 16.7 Å². The van der Waals surface area contributed by atoms with Crippen LogP contribution in [-0.2, 0) is 0 Å².